The topological polar surface area (TPSA) is 47.6 Å². The number of amidine groups is 1. The SMILES string of the molecule is CC(C)(C)C1Oc2ccccc2N=C1N. The second-order valence-electron chi connectivity index (χ2n) is 4.87. The fourth-order valence-corrected chi connectivity index (χ4v) is 1.65. The standard InChI is InChI=1S/C12H16N2O/c1-12(2,3)10-11(13)14-8-6-4-5-7-9(8)15-10/h4-7,10H,1-3H3,(H2,13,14). The number of benzene rings is 1. The van der Waals surface area contributed by atoms with Crippen molar-refractivity contribution in [3.05, 3.63) is 24.3 Å². The molecule has 0 amide bonds. The van der Waals surface area contributed by atoms with E-state index in [4.69, 9.17) is 10.5 Å². The van der Waals surface area contributed by atoms with Crippen LogP contribution >= 0.6 is 0 Å². The second-order valence-corrected chi connectivity index (χ2v) is 4.87. The Morgan fingerprint density at radius 3 is 2.60 bits per heavy atom. The fourth-order valence-electron chi connectivity index (χ4n) is 1.65. The first-order valence-electron chi connectivity index (χ1n) is 5.08. The van der Waals surface area contributed by atoms with Crippen LogP contribution in [0.15, 0.2) is 29.3 Å². The number of hydrogen-bond donors (Lipinski definition) is 1. The third-order valence-electron chi connectivity index (χ3n) is 2.41. The molecule has 15 heavy (non-hydrogen) atoms. The minimum atomic E-state index is -0.146. The Hall–Kier alpha value is -1.51. The molecule has 0 bridgehead atoms. The van der Waals surface area contributed by atoms with Crippen molar-refractivity contribution in [2.24, 2.45) is 16.1 Å². The number of hydrogen-bond acceptors (Lipinski definition) is 3. The third kappa shape index (κ3) is 1.82. The van der Waals surface area contributed by atoms with E-state index < -0.39 is 0 Å². The van der Waals surface area contributed by atoms with Crippen LogP contribution in [0.2, 0.25) is 0 Å². The number of fused-ring (bicyclic) bond motifs is 1. The van der Waals surface area contributed by atoms with Gasteiger partial charge in [-0.1, -0.05) is 32.9 Å². The molecular weight excluding hydrogens is 188 g/mol. The van der Waals surface area contributed by atoms with Crippen LogP contribution in [0.5, 0.6) is 5.75 Å². The Labute approximate surface area is 90.0 Å². The summed E-state index contributed by atoms with van der Waals surface area (Å²) in [5.74, 6) is 1.37. The molecule has 2 rings (SSSR count). The van der Waals surface area contributed by atoms with Crippen molar-refractivity contribution in [3.8, 4) is 5.75 Å². The van der Waals surface area contributed by atoms with Gasteiger partial charge in [0.25, 0.3) is 0 Å². The molecule has 0 spiro atoms. The van der Waals surface area contributed by atoms with Crippen molar-refractivity contribution in [2.45, 2.75) is 26.9 Å². The van der Waals surface area contributed by atoms with Gasteiger partial charge in [0.1, 0.15) is 17.3 Å². The summed E-state index contributed by atoms with van der Waals surface area (Å²) in [5, 5.41) is 0. The summed E-state index contributed by atoms with van der Waals surface area (Å²) < 4.78 is 5.85. The first-order valence-corrected chi connectivity index (χ1v) is 5.08. The van der Waals surface area contributed by atoms with Crippen molar-refractivity contribution < 1.29 is 4.74 Å². The van der Waals surface area contributed by atoms with Gasteiger partial charge in [0.05, 0.1) is 0 Å². The molecule has 0 saturated heterocycles. The molecular formula is C12H16N2O. The van der Waals surface area contributed by atoms with Crippen LogP contribution in [0, 0.1) is 5.41 Å². The molecule has 0 aromatic heterocycles. The Morgan fingerprint density at radius 1 is 1.27 bits per heavy atom. The van der Waals surface area contributed by atoms with E-state index >= 15 is 0 Å². The minimum Gasteiger partial charge on any atom is -0.480 e. The summed E-state index contributed by atoms with van der Waals surface area (Å²) in [6.45, 7) is 6.27. The molecule has 2 N–H and O–H groups in total. The molecule has 0 fully saturated rings. The van der Waals surface area contributed by atoms with E-state index in [0.717, 1.165) is 11.4 Å². The van der Waals surface area contributed by atoms with E-state index in [0.29, 0.717) is 5.84 Å². The number of rotatable bonds is 0. The normalized spacial score (nSPS) is 20.2. The monoisotopic (exact) mass is 204 g/mol. The number of nitrogens with two attached hydrogens (primary N) is 1. The van der Waals surface area contributed by atoms with Crippen LogP contribution in [0.4, 0.5) is 5.69 Å². The van der Waals surface area contributed by atoms with Crippen LogP contribution in [-0.2, 0) is 0 Å². The Balaban J connectivity index is 2.41. The van der Waals surface area contributed by atoms with Gasteiger partial charge in [-0.3, -0.25) is 0 Å². The maximum atomic E-state index is 5.90. The average Bonchev–Trinajstić information content (AvgIpc) is 2.15. The molecule has 80 valence electrons. The summed E-state index contributed by atoms with van der Waals surface area (Å²) in [6.07, 6.45) is -0.146. The van der Waals surface area contributed by atoms with Gasteiger partial charge < -0.3 is 10.5 Å². The molecule has 1 atom stereocenters. The number of para-hydroxylation sites is 2. The highest BCUT2D eigenvalue weighted by molar-refractivity contribution is 5.90. The highest BCUT2D eigenvalue weighted by Crippen LogP contribution is 2.35. The third-order valence-corrected chi connectivity index (χ3v) is 2.41. The van der Waals surface area contributed by atoms with E-state index in [1.54, 1.807) is 0 Å². The van der Waals surface area contributed by atoms with Gasteiger partial charge in [0, 0.05) is 5.41 Å². The second kappa shape index (κ2) is 3.26. The lowest BCUT2D eigenvalue weighted by Gasteiger charge is -2.33. The van der Waals surface area contributed by atoms with Gasteiger partial charge in [-0.25, -0.2) is 4.99 Å². The highest BCUT2D eigenvalue weighted by atomic mass is 16.5. The fraction of sp³-hybridized carbons (Fsp3) is 0.417. The summed E-state index contributed by atoms with van der Waals surface area (Å²) in [7, 11) is 0. The number of nitrogens with zero attached hydrogens (tertiary/aromatic N) is 1. The molecule has 0 radical (unpaired) electrons. The van der Waals surface area contributed by atoms with E-state index in [9.17, 15) is 0 Å². The first kappa shape index (κ1) is 10.0. The maximum absolute atomic E-state index is 5.90. The van der Waals surface area contributed by atoms with E-state index in [1.807, 2.05) is 24.3 Å². The van der Waals surface area contributed by atoms with Crippen LogP contribution in [-0.4, -0.2) is 11.9 Å². The number of aliphatic imine (C=N–C) groups is 1. The Morgan fingerprint density at radius 2 is 1.93 bits per heavy atom. The first-order chi connectivity index (χ1) is 6.98. The van der Waals surface area contributed by atoms with Crippen LogP contribution in [0.3, 0.4) is 0 Å². The smallest absolute Gasteiger partial charge is 0.160 e. The van der Waals surface area contributed by atoms with Crippen molar-refractivity contribution in [1.82, 2.24) is 0 Å². The molecule has 1 unspecified atom stereocenters. The van der Waals surface area contributed by atoms with Crippen LogP contribution in [0.25, 0.3) is 0 Å². The molecule has 1 aliphatic heterocycles. The van der Waals surface area contributed by atoms with Crippen molar-refractivity contribution in [2.75, 3.05) is 0 Å². The van der Waals surface area contributed by atoms with Gasteiger partial charge in [0.15, 0.2) is 6.10 Å². The average molecular weight is 204 g/mol. The lowest BCUT2D eigenvalue weighted by Crippen LogP contribution is -2.45. The zero-order chi connectivity index (χ0) is 11.1. The van der Waals surface area contributed by atoms with Gasteiger partial charge in [0.2, 0.25) is 0 Å². The predicted molar refractivity (Wildman–Crippen MR) is 61.6 cm³/mol. The highest BCUT2D eigenvalue weighted by Gasteiger charge is 2.33. The van der Waals surface area contributed by atoms with E-state index in [2.05, 4.69) is 25.8 Å². The Kier molecular flexibility index (Phi) is 2.18. The maximum Gasteiger partial charge on any atom is 0.160 e. The molecule has 1 aromatic rings. The summed E-state index contributed by atoms with van der Waals surface area (Å²) in [6, 6.07) is 7.69. The minimum absolute atomic E-state index is 0.0406. The summed E-state index contributed by atoms with van der Waals surface area (Å²) in [4.78, 5) is 4.36. The zero-order valence-electron chi connectivity index (χ0n) is 9.32. The molecule has 1 heterocycles. The summed E-state index contributed by atoms with van der Waals surface area (Å²) in [5.41, 5.74) is 6.68. The zero-order valence-corrected chi connectivity index (χ0v) is 9.32. The quantitative estimate of drug-likeness (QED) is 0.705. The van der Waals surface area contributed by atoms with Crippen molar-refractivity contribution in [1.29, 1.82) is 0 Å². The van der Waals surface area contributed by atoms with Gasteiger partial charge in [-0.2, -0.15) is 0 Å². The number of ether oxygens (including phenoxy) is 1. The molecule has 0 saturated carbocycles. The lowest BCUT2D eigenvalue weighted by atomic mass is 9.87. The molecule has 1 aliphatic rings. The van der Waals surface area contributed by atoms with Gasteiger partial charge >= 0.3 is 0 Å². The lowest BCUT2D eigenvalue weighted by molar-refractivity contribution is 0.141. The van der Waals surface area contributed by atoms with Gasteiger partial charge in [-0.15, -0.1) is 0 Å². The molecule has 0 aliphatic carbocycles. The molecule has 3 nitrogen and oxygen atoms in total. The van der Waals surface area contributed by atoms with Crippen molar-refractivity contribution >= 4 is 11.5 Å². The van der Waals surface area contributed by atoms with E-state index in [-0.39, 0.29) is 11.5 Å². The van der Waals surface area contributed by atoms with Crippen LogP contribution in [0.1, 0.15) is 20.8 Å². The summed E-state index contributed by atoms with van der Waals surface area (Å²) >= 11 is 0. The van der Waals surface area contributed by atoms with E-state index in [1.165, 1.54) is 0 Å². The Bertz CT molecular complexity index is 404. The molecule has 1 aromatic carbocycles. The molecule has 3 heteroatoms. The largest absolute Gasteiger partial charge is 0.480 e. The van der Waals surface area contributed by atoms with Crippen molar-refractivity contribution in [3.63, 3.8) is 0 Å². The predicted octanol–water partition coefficient (Wildman–Crippen LogP) is 2.48. The van der Waals surface area contributed by atoms with Gasteiger partial charge in [-0.05, 0) is 12.1 Å². The van der Waals surface area contributed by atoms with Crippen LogP contribution < -0.4 is 10.5 Å².